The van der Waals surface area contributed by atoms with Crippen molar-refractivity contribution in [2.45, 2.75) is 38.9 Å². The van der Waals surface area contributed by atoms with Crippen molar-refractivity contribution in [2.24, 2.45) is 0 Å². The molecule has 5 heteroatoms. The molecule has 0 saturated carbocycles. The number of carbonyl (C=O) groups is 1. The summed E-state index contributed by atoms with van der Waals surface area (Å²) in [5.41, 5.74) is 1.03. The smallest absolute Gasteiger partial charge is 0.478 e. The zero-order chi connectivity index (χ0) is 15.0. The van der Waals surface area contributed by atoms with Crippen molar-refractivity contribution in [1.29, 1.82) is 0 Å². The lowest BCUT2D eigenvalue weighted by Gasteiger charge is -2.32. The van der Waals surface area contributed by atoms with Crippen molar-refractivity contribution in [3.8, 4) is 0 Å². The average molecular weight is 274 g/mol. The van der Waals surface area contributed by atoms with Crippen molar-refractivity contribution in [1.82, 2.24) is 0 Å². The van der Waals surface area contributed by atoms with Gasteiger partial charge in [0.1, 0.15) is 0 Å². The molecule has 1 fully saturated rings. The molecule has 0 atom stereocenters. The molecule has 0 aliphatic carbocycles. The van der Waals surface area contributed by atoms with E-state index in [4.69, 9.17) is 14.4 Å². The Bertz CT molecular complexity index is 515. The minimum atomic E-state index is -0.958. The molecule has 1 aliphatic rings. The molecule has 1 heterocycles. The third-order valence-electron chi connectivity index (χ3n) is 3.88. The number of hydrogen-bond acceptors (Lipinski definition) is 3. The van der Waals surface area contributed by atoms with Crippen LogP contribution in [0.2, 0.25) is 0 Å². The van der Waals surface area contributed by atoms with Gasteiger partial charge >= 0.3 is 13.1 Å². The van der Waals surface area contributed by atoms with Crippen LogP contribution in [-0.2, 0) is 14.1 Å². The Morgan fingerprint density at radius 3 is 2.05 bits per heavy atom. The van der Waals surface area contributed by atoms with E-state index in [1.165, 1.54) is 0 Å². The summed E-state index contributed by atoms with van der Waals surface area (Å²) in [4.78, 5) is 10.5. The van der Waals surface area contributed by atoms with Crippen molar-refractivity contribution in [3.05, 3.63) is 35.9 Å². The lowest BCUT2D eigenvalue weighted by atomic mass is 9.79. The number of benzene rings is 1. The van der Waals surface area contributed by atoms with Gasteiger partial charge in [0.05, 0.1) is 11.2 Å². The Kier molecular flexibility index (Phi) is 3.76. The Hall–Kier alpha value is -1.59. The summed E-state index contributed by atoms with van der Waals surface area (Å²) in [6, 6.07) is 7.48. The zero-order valence-corrected chi connectivity index (χ0v) is 12.2. The second-order valence-electron chi connectivity index (χ2n) is 5.93. The molecule has 1 aromatic carbocycles. The quantitative estimate of drug-likeness (QED) is 0.677. The van der Waals surface area contributed by atoms with E-state index in [-0.39, 0.29) is 11.2 Å². The summed E-state index contributed by atoms with van der Waals surface area (Å²) in [6.45, 7) is 8.04. The normalized spacial score (nSPS) is 20.5. The molecule has 1 saturated heterocycles. The Morgan fingerprint density at radius 2 is 1.60 bits per heavy atom. The van der Waals surface area contributed by atoms with Crippen LogP contribution in [0.1, 0.15) is 33.3 Å². The lowest BCUT2D eigenvalue weighted by molar-refractivity contribution is -0.131. The fourth-order valence-corrected chi connectivity index (χ4v) is 1.91. The predicted molar refractivity (Wildman–Crippen MR) is 78.8 cm³/mol. The van der Waals surface area contributed by atoms with Gasteiger partial charge in [0.25, 0.3) is 0 Å². The number of aliphatic carboxylic acids is 1. The van der Waals surface area contributed by atoms with Gasteiger partial charge in [-0.05, 0) is 44.8 Å². The van der Waals surface area contributed by atoms with Crippen molar-refractivity contribution in [3.63, 3.8) is 0 Å². The Balaban J connectivity index is 2.14. The van der Waals surface area contributed by atoms with Gasteiger partial charge in [-0.3, -0.25) is 0 Å². The molecule has 1 aromatic rings. The van der Waals surface area contributed by atoms with Gasteiger partial charge < -0.3 is 14.4 Å². The first-order valence-corrected chi connectivity index (χ1v) is 6.58. The largest absolute Gasteiger partial charge is 0.494 e. The van der Waals surface area contributed by atoms with Gasteiger partial charge in [-0.1, -0.05) is 24.3 Å². The van der Waals surface area contributed by atoms with E-state index in [0.29, 0.717) is 0 Å². The molecular weight excluding hydrogens is 255 g/mol. The number of carboxylic acids is 1. The highest BCUT2D eigenvalue weighted by molar-refractivity contribution is 6.62. The minimum Gasteiger partial charge on any atom is -0.478 e. The van der Waals surface area contributed by atoms with Crippen LogP contribution in [0.15, 0.2) is 30.3 Å². The fraction of sp³-hybridized carbons (Fsp3) is 0.400. The molecule has 0 bridgehead atoms. The third kappa shape index (κ3) is 2.94. The summed E-state index contributed by atoms with van der Waals surface area (Å²) < 4.78 is 11.9. The van der Waals surface area contributed by atoms with Gasteiger partial charge in [-0.15, -0.1) is 0 Å². The van der Waals surface area contributed by atoms with Crippen LogP contribution in [0.5, 0.6) is 0 Å². The number of hydrogen-bond donors (Lipinski definition) is 1. The molecular formula is C15H19BO4. The monoisotopic (exact) mass is 274 g/mol. The second-order valence-corrected chi connectivity index (χ2v) is 5.93. The third-order valence-corrected chi connectivity index (χ3v) is 3.88. The maximum atomic E-state index is 10.5. The number of rotatable bonds is 3. The summed E-state index contributed by atoms with van der Waals surface area (Å²) in [5, 5.41) is 8.59. The van der Waals surface area contributed by atoms with E-state index >= 15 is 0 Å². The van der Waals surface area contributed by atoms with E-state index in [1.807, 2.05) is 52.0 Å². The minimum absolute atomic E-state index is 0.362. The molecule has 20 heavy (non-hydrogen) atoms. The van der Waals surface area contributed by atoms with E-state index in [0.717, 1.165) is 17.1 Å². The van der Waals surface area contributed by atoms with Crippen LogP contribution >= 0.6 is 0 Å². The highest BCUT2D eigenvalue weighted by Gasteiger charge is 2.51. The van der Waals surface area contributed by atoms with E-state index in [2.05, 4.69) is 0 Å². The molecule has 0 radical (unpaired) electrons. The van der Waals surface area contributed by atoms with E-state index in [9.17, 15) is 4.79 Å². The Morgan fingerprint density at radius 1 is 1.10 bits per heavy atom. The van der Waals surface area contributed by atoms with Gasteiger partial charge in [-0.2, -0.15) is 0 Å². The average Bonchev–Trinajstić information content (AvgIpc) is 2.56. The highest BCUT2D eigenvalue weighted by atomic mass is 16.7. The summed E-state index contributed by atoms with van der Waals surface area (Å²) in [5.74, 6) is -0.958. The van der Waals surface area contributed by atoms with Gasteiger partial charge in [0, 0.05) is 6.08 Å². The van der Waals surface area contributed by atoms with Crippen LogP contribution in [0, 0.1) is 0 Å². The Labute approximate surface area is 119 Å². The highest BCUT2D eigenvalue weighted by Crippen LogP contribution is 2.36. The van der Waals surface area contributed by atoms with Crippen molar-refractivity contribution >= 4 is 24.6 Å². The first-order chi connectivity index (χ1) is 9.21. The molecule has 0 spiro atoms. The molecule has 4 nitrogen and oxygen atoms in total. The molecule has 0 unspecified atom stereocenters. The zero-order valence-electron chi connectivity index (χ0n) is 12.2. The lowest BCUT2D eigenvalue weighted by Crippen LogP contribution is -2.41. The maximum Gasteiger partial charge on any atom is 0.494 e. The topological polar surface area (TPSA) is 55.8 Å². The van der Waals surface area contributed by atoms with Gasteiger partial charge in [0.2, 0.25) is 0 Å². The van der Waals surface area contributed by atoms with Crippen LogP contribution < -0.4 is 5.46 Å². The molecule has 106 valence electrons. The fourth-order valence-electron chi connectivity index (χ4n) is 1.91. The summed E-state index contributed by atoms with van der Waals surface area (Å²) in [7, 11) is -0.391. The first kappa shape index (κ1) is 14.8. The first-order valence-electron chi connectivity index (χ1n) is 6.58. The van der Waals surface area contributed by atoms with E-state index < -0.39 is 13.1 Å². The summed E-state index contributed by atoms with van der Waals surface area (Å²) >= 11 is 0. The predicted octanol–water partition coefficient (Wildman–Crippen LogP) is 2.08. The van der Waals surface area contributed by atoms with E-state index in [1.54, 1.807) is 6.08 Å². The molecule has 2 rings (SSSR count). The molecule has 1 aliphatic heterocycles. The van der Waals surface area contributed by atoms with Crippen LogP contribution in [0.4, 0.5) is 0 Å². The van der Waals surface area contributed by atoms with Crippen LogP contribution in [0.25, 0.3) is 6.08 Å². The van der Waals surface area contributed by atoms with Crippen molar-refractivity contribution in [2.75, 3.05) is 0 Å². The van der Waals surface area contributed by atoms with Crippen LogP contribution in [0.3, 0.4) is 0 Å². The molecule has 0 aromatic heterocycles. The van der Waals surface area contributed by atoms with Gasteiger partial charge in [-0.25, -0.2) is 4.79 Å². The molecule has 1 N–H and O–H groups in total. The summed E-state index contributed by atoms with van der Waals surface area (Å²) in [6.07, 6.45) is 2.67. The number of carboxylic acid groups (broad SMARTS) is 1. The molecule has 0 amide bonds. The van der Waals surface area contributed by atoms with Crippen LogP contribution in [-0.4, -0.2) is 29.4 Å². The maximum absolute atomic E-state index is 10.5. The second kappa shape index (κ2) is 5.07. The van der Waals surface area contributed by atoms with Crippen molar-refractivity contribution < 1.29 is 19.2 Å². The van der Waals surface area contributed by atoms with Gasteiger partial charge in [0.15, 0.2) is 0 Å². The SMILES string of the molecule is CC1(C)OB(c2ccc(C=CC(=O)O)cc2)OC1(C)C. The standard InChI is InChI=1S/C15H19BO4/c1-14(2)15(3,4)20-16(19-14)12-8-5-11(6-9-12)7-10-13(17)18/h5-10H,1-4H3,(H,17,18).